The lowest BCUT2D eigenvalue weighted by atomic mass is 9.51. The van der Waals surface area contributed by atoms with Crippen LogP contribution in [0.5, 0.6) is 0 Å². The highest BCUT2D eigenvalue weighted by Crippen LogP contribution is 2.55. The van der Waals surface area contributed by atoms with Gasteiger partial charge in [0.25, 0.3) is 0 Å². The first-order chi connectivity index (χ1) is 16.3. The van der Waals surface area contributed by atoms with Crippen molar-refractivity contribution in [3.8, 4) is 0 Å². The maximum atomic E-state index is 13.0. The van der Waals surface area contributed by atoms with Gasteiger partial charge in [-0.25, -0.2) is 0 Å². The van der Waals surface area contributed by atoms with Gasteiger partial charge >= 0.3 is 0 Å². The molecule has 0 spiro atoms. The fraction of sp³-hybridized carbons (Fsp3) is 0.750. The number of aliphatic hydroxyl groups is 1. The number of hydrogen-bond donors (Lipinski definition) is 3. The summed E-state index contributed by atoms with van der Waals surface area (Å²) in [4.78, 5) is 30.2. The summed E-state index contributed by atoms with van der Waals surface area (Å²) in [5, 5.41) is 18.0. The topological polar surface area (TPSA) is 91.3 Å². The second-order valence-electron chi connectivity index (χ2n) is 11.5. The van der Waals surface area contributed by atoms with Gasteiger partial charge in [-0.2, -0.15) is 0 Å². The van der Waals surface area contributed by atoms with Gasteiger partial charge in [0.1, 0.15) is 0 Å². The Morgan fingerprint density at radius 2 is 1.88 bits per heavy atom. The second-order valence-corrected chi connectivity index (χ2v) is 11.5. The Labute approximate surface area is 204 Å². The monoisotopic (exact) mass is 469 g/mol. The highest BCUT2D eigenvalue weighted by molar-refractivity contribution is 5.79. The number of pyridine rings is 1. The van der Waals surface area contributed by atoms with Crippen LogP contribution in [0.2, 0.25) is 0 Å². The lowest BCUT2D eigenvalue weighted by Gasteiger charge is -2.56. The van der Waals surface area contributed by atoms with E-state index in [-0.39, 0.29) is 52.9 Å². The second kappa shape index (κ2) is 10.8. The molecule has 1 aromatic heterocycles. The number of aromatic nitrogens is 1. The molecule has 3 saturated carbocycles. The molecule has 188 valence electrons. The Morgan fingerprint density at radius 1 is 1.15 bits per heavy atom. The summed E-state index contributed by atoms with van der Waals surface area (Å²) in [6.45, 7) is 6.85. The third-order valence-electron chi connectivity index (χ3n) is 9.42. The maximum Gasteiger partial charge on any atom is 0.223 e. The average Bonchev–Trinajstić information content (AvgIpc) is 2.85. The predicted molar refractivity (Wildman–Crippen MR) is 132 cm³/mol. The zero-order valence-electron chi connectivity index (χ0n) is 21.1. The van der Waals surface area contributed by atoms with E-state index in [4.69, 9.17) is 0 Å². The molecule has 0 bridgehead atoms. The Hall–Kier alpha value is -1.95. The van der Waals surface area contributed by atoms with Crippen LogP contribution in [0.25, 0.3) is 0 Å². The number of aliphatic hydroxyl groups excluding tert-OH is 1. The number of carbonyl (C=O) groups excluding carboxylic acids is 2. The van der Waals surface area contributed by atoms with E-state index in [0.717, 1.165) is 57.1 Å². The standard InChI is InChI=1S/C28H43N3O3/c1-18(26(33)30-17-21-11-7-8-16-29-21)22-12-14-28(3)15-13-23(19(2)24(28)25(22)32)31-27(34)20-9-5-4-6-10-20/h7-8,11,16,18-20,22-25,32H,4-6,9-10,12-15,17H2,1-3H3,(H,30,33)(H,31,34). The minimum Gasteiger partial charge on any atom is -0.392 e. The number of amides is 2. The van der Waals surface area contributed by atoms with Crippen molar-refractivity contribution in [1.29, 1.82) is 0 Å². The molecular weight excluding hydrogens is 426 g/mol. The Morgan fingerprint density at radius 3 is 2.59 bits per heavy atom. The molecule has 3 aliphatic carbocycles. The van der Waals surface area contributed by atoms with Crippen LogP contribution in [0.4, 0.5) is 0 Å². The summed E-state index contributed by atoms with van der Waals surface area (Å²) in [6.07, 6.45) is 10.6. The van der Waals surface area contributed by atoms with Crippen molar-refractivity contribution in [2.24, 2.45) is 35.0 Å². The molecule has 7 atom stereocenters. The van der Waals surface area contributed by atoms with Gasteiger partial charge in [-0.15, -0.1) is 0 Å². The number of rotatable bonds is 6. The van der Waals surface area contributed by atoms with Crippen LogP contribution in [0, 0.1) is 35.0 Å². The molecule has 6 heteroatoms. The molecule has 0 radical (unpaired) electrons. The number of nitrogens with zero attached hydrogens (tertiary/aromatic N) is 1. The fourth-order valence-corrected chi connectivity index (χ4v) is 7.20. The third-order valence-corrected chi connectivity index (χ3v) is 9.42. The van der Waals surface area contributed by atoms with Crippen molar-refractivity contribution in [3.63, 3.8) is 0 Å². The van der Waals surface area contributed by atoms with Crippen LogP contribution in [0.3, 0.4) is 0 Å². The van der Waals surface area contributed by atoms with Gasteiger partial charge in [0.2, 0.25) is 11.8 Å². The van der Waals surface area contributed by atoms with Crippen molar-refractivity contribution < 1.29 is 14.7 Å². The van der Waals surface area contributed by atoms with Crippen LogP contribution in [-0.2, 0) is 16.1 Å². The molecule has 3 N–H and O–H groups in total. The van der Waals surface area contributed by atoms with Gasteiger partial charge in [-0.05, 0) is 73.8 Å². The van der Waals surface area contributed by atoms with Crippen LogP contribution < -0.4 is 10.6 Å². The van der Waals surface area contributed by atoms with Gasteiger partial charge in [-0.3, -0.25) is 14.6 Å². The summed E-state index contributed by atoms with van der Waals surface area (Å²) < 4.78 is 0. The molecule has 0 aliphatic heterocycles. The number of fused-ring (bicyclic) bond motifs is 1. The molecule has 34 heavy (non-hydrogen) atoms. The largest absolute Gasteiger partial charge is 0.392 e. The summed E-state index contributed by atoms with van der Waals surface area (Å²) in [6, 6.07) is 5.78. The minimum absolute atomic E-state index is 0.0241. The van der Waals surface area contributed by atoms with Crippen LogP contribution in [0.15, 0.2) is 24.4 Å². The van der Waals surface area contributed by atoms with Crippen molar-refractivity contribution >= 4 is 11.8 Å². The zero-order valence-corrected chi connectivity index (χ0v) is 21.1. The van der Waals surface area contributed by atoms with Gasteiger partial charge in [0.05, 0.1) is 18.3 Å². The number of carbonyl (C=O) groups is 2. The van der Waals surface area contributed by atoms with Gasteiger partial charge in [-0.1, -0.05) is 46.1 Å². The lowest BCUT2D eigenvalue weighted by Crippen LogP contribution is -2.59. The maximum absolute atomic E-state index is 13.0. The third kappa shape index (κ3) is 5.32. The molecule has 4 rings (SSSR count). The molecular formula is C28H43N3O3. The molecule has 7 unspecified atom stereocenters. The summed E-state index contributed by atoms with van der Waals surface area (Å²) in [5.41, 5.74) is 0.892. The quantitative estimate of drug-likeness (QED) is 0.582. The molecule has 0 saturated heterocycles. The molecule has 3 fully saturated rings. The highest BCUT2D eigenvalue weighted by atomic mass is 16.3. The SMILES string of the molecule is CC(C(=O)NCc1ccccn1)C1CCC2(C)CCC(NC(=O)C3CCCCC3)C(C)C2C1O. The first-order valence-electron chi connectivity index (χ1n) is 13.5. The first kappa shape index (κ1) is 25.2. The number of nitrogens with one attached hydrogen (secondary N) is 2. The Bertz CT molecular complexity index is 841. The molecule has 1 heterocycles. The van der Waals surface area contributed by atoms with Crippen LogP contribution in [0.1, 0.15) is 84.3 Å². The van der Waals surface area contributed by atoms with Gasteiger partial charge in [0, 0.05) is 24.1 Å². The van der Waals surface area contributed by atoms with Gasteiger partial charge < -0.3 is 15.7 Å². The Balaban J connectivity index is 1.39. The van der Waals surface area contributed by atoms with E-state index in [9.17, 15) is 14.7 Å². The molecule has 2 amide bonds. The van der Waals surface area contributed by atoms with Crippen molar-refractivity contribution in [1.82, 2.24) is 15.6 Å². The first-order valence-corrected chi connectivity index (χ1v) is 13.5. The molecule has 0 aromatic carbocycles. The fourth-order valence-electron chi connectivity index (χ4n) is 7.20. The van der Waals surface area contributed by atoms with Crippen LogP contribution in [-0.4, -0.2) is 34.1 Å². The summed E-state index contributed by atoms with van der Waals surface area (Å²) in [7, 11) is 0. The zero-order chi connectivity index (χ0) is 24.3. The normalized spacial score (nSPS) is 35.1. The van der Waals surface area contributed by atoms with E-state index in [1.807, 2.05) is 25.1 Å². The number of hydrogen-bond acceptors (Lipinski definition) is 4. The van der Waals surface area contributed by atoms with Crippen LogP contribution >= 0.6 is 0 Å². The smallest absolute Gasteiger partial charge is 0.223 e. The minimum atomic E-state index is -0.543. The summed E-state index contributed by atoms with van der Waals surface area (Å²) in [5.74, 6) is 0.273. The Kier molecular flexibility index (Phi) is 7.96. The van der Waals surface area contributed by atoms with Crippen molar-refractivity contribution in [3.05, 3.63) is 30.1 Å². The average molecular weight is 470 g/mol. The van der Waals surface area contributed by atoms with E-state index in [0.29, 0.717) is 6.54 Å². The molecule has 3 aliphatic rings. The molecule has 6 nitrogen and oxygen atoms in total. The van der Waals surface area contributed by atoms with Crippen molar-refractivity contribution in [2.75, 3.05) is 0 Å². The lowest BCUT2D eigenvalue weighted by molar-refractivity contribution is -0.144. The van der Waals surface area contributed by atoms with Gasteiger partial charge in [0.15, 0.2) is 0 Å². The molecule has 1 aromatic rings. The van der Waals surface area contributed by atoms with E-state index in [1.165, 1.54) is 6.42 Å². The highest BCUT2D eigenvalue weighted by Gasteiger charge is 2.54. The summed E-state index contributed by atoms with van der Waals surface area (Å²) >= 11 is 0. The van der Waals surface area contributed by atoms with Crippen molar-refractivity contribution in [2.45, 2.75) is 97.2 Å². The predicted octanol–water partition coefficient (Wildman–Crippen LogP) is 4.22. The van der Waals surface area contributed by atoms with E-state index in [1.54, 1.807) is 6.20 Å². The van der Waals surface area contributed by atoms with E-state index in [2.05, 4.69) is 29.5 Å². The van der Waals surface area contributed by atoms with E-state index < -0.39 is 6.10 Å². The van der Waals surface area contributed by atoms with E-state index >= 15 is 0 Å².